The predicted molar refractivity (Wildman–Crippen MR) is 82.8 cm³/mol. The Morgan fingerprint density at radius 3 is 2.77 bits per heavy atom. The van der Waals surface area contributed by atoms with Gasteiger partial charge in [0.25, 0.3) is 0 Å². The molecule has 3 aromatic rings. The minimum Gasteiger partial charge on any atom is -0.265 e. The van der Waals surface area contributed by atoms with Gasteiger partial charge in [-0.1, -0.05) is 24.3 Å². The largest absolute Gasteiger partial charge is 0.265 e. The molecule has 0 fully saturated rings. The van der Waals surface area contributed by atoms with Gasteiger partial charge >= 0.3 is 0 Å². The second-order valence-electron chi connectivity index (χ2n) is 5.60. The second-order valence-corrected chi connectivity index (χ2v) is 5.60. The molecule has 1 aliphatic rings. The van der Waals surface area contributed by atoms with Crippen LogP contribution in [0.5, 0.6) is 0 Å². The van der Waals surface area contributed by atoms with Crippen LogP contribution in [0.1, 0.15) is 24.0 Å². The lowest BCUT2D eigenvalue weighted by Crippen LogP contribution is -2.10. The van der Waals surface area contributed by atoms with E-state index >= 15 is 4.39 Å². The zero-order chi connectivity index (χ0) is 15.1. The fourth-order valence-corrected chi connectivity index (χ4v) is 3.37. The third-order valence-electron chi connectivity index (χ3n) is 4.38. The summed E-state index contributed by atoms with van der Waals surface area (Å²) in [6.45, 7) is 0.807. The Bertz CT molecular complexity index is 918. The van der Waals surface area contributed by atoms with Gasteiger partial charge in [-0.15, -0.1) is 0 Å². The molecule has 3 nitrogen and oxygen atoms in total. The third kappa shape index (κ3) is 1.75. The van der Waals surface area contributed by atoms with Crippen molar-refractivity contribution in [2.45, 2.75) is 25.8 Å². The molecule has 0 N–H and O–H groups in total. The van der Waals surface area contributed by atoms with E-state index in [1.807, 2.05) is 28.9 Å². The SMILES string of the molecule is N#Cc1c2c(c(F)c3ccccc13)CCCCn1nccc1-2. The first-order chi connectivity index (χ1) is 10.8. The van der Waals surface area contributed by atoms with Crippen molar-refractivity contribution in [1.29, 1.82) is 5.26 Å². The summed E-state index contributed by atoms with van der Waals surface area (Å²) in [5, 5.41) is 15.2. The van der Waals surface area contributed by atoms with Crippen molar-refractivity contribution in [3.05, 3.63) is 53.5 Å². The van der Waals surface area contributed by atoms with E-state index in [9.17, 15) is 5.26 Å². The zero-order valence-electron chi connectivity index (χ0n) is 12.0. The molecule has 0 saturated carbocycles. The molecule has 108 valence electrons. The number of benzene rings is 2. The number of aromatic nitrogens is 2. The molecule has 22 heavy (non-hydrogen) atoms. The average molecular weight is 291 g/mol. The maximum absolute atomic E-state index is 15.0. The van der Waals surface area contributed by atoms with Crippen LogP contribution in [0.15, 0.2) is 36.5 Å². The van der Waals surface area contributed by atoms with E-state index < -0.39 is 0 Å². The standard InChI is InChI=1S/C18H14FN3/c19-18-13-6-2-1-5-12(13)15(11-20)17-14(18)7-3-4-10-22-16(17)8-9-21-22/h1-2,5-6,8-9H,3-4,7,10H2. The number of nitrogens with zero attached hydrogens (tertiary/aromatic N) is 3. The Morgan fingerprint density at radius 2 is 1.95 bits per heavy atom. The highest BCUT2D eigenvalue weighted by Gasteiger charge is 2.23. The first-order valence-electron chi connectivity index (χ1n) is 7.46. The van der Waals surface area contributed by atoms with Gasteiger partial charge < -0.3 is 0 Å². The van der Waals surface area contributed by atoms with Crippen LogP contribution < -0.4 is 0 Å². The minimum atomic E-state index is -0.195. The molecule has 0 atom stereocenters. The molecule has 0 amide bonds. The Labute approximate surface area is 127 Å². The van der Waals surface area contributed by atoms with E-state index in [0.717, 1.165) is 30.6 Å². The van der Waals surface area contributed by atoms with Crippen LogP contribution in [0.3, 0.4) is 0 Å². The monoisotopic (exact) mass is 291 g/mol. The van der Waals surface area contributed by atoms with Crippen LogP contribution in [-0.4, -0.2) is 9.78 Å². The molecule has 0 bridgehead atoms. The van der Waals surface area contributed by atoms with Gasteiger partial charge in [-0.05, 0) is 30.9 Å². The Morgan fingerprint density at radius 1 is 1.14 bits per heavy atom. The lowest BCUT2D eigenvalue weighted by atomic mass is 9.89. The number of fused-ring (bicyclic) bond motifs is 4. The maximum atomic E-state index is 15.0. The molecule has 4 rings (SSSR count). The first kappa shape index (κ1) is 13.0. The van der Waals surface area contributed by atoms with Gasteiger partial charge in [-0.2, -0.15) is 10.4 Å². The smallest absolute Gasteiger partial charge is 0.134 e. The Balaban J connectivity index is 2.20. The number of hydrogen-bond acceptors (Lipinski definition) is 2. The van der Waals surface area contributed by atoms with Gasteiger partial charge in [0.1, 0.15) is 11.9 Å². The van der Waals surface area contributed by atoms with E-state index in [-0.39, 0.29) is 5.82 Å². The zero-order valence-corrected chi connectivity index (χ0v) is 12.0. The van der Waals surface area contributed by atoms with Crippen molar-refractivity contribution in [2.75, 3.05) is 0 Å². The molecule has 0 spiro atoms. The van der Waals surface area contributed by atoms with Crippen molar-refractivity contribution in [1.82, 2.24) is 9.78 Å². The Kier molecular flexibility index (Phi) is 2.93. The van der Waals surface area contributed by atoms with Crippen molar-refractivity contribution < 1.29 is 4.39 Å². The van der Waals surface area contributed by atoms with Crippen molar-refractivity contribution >= 4 is 10.8 Å². The number of aryl methyl sites for hydroxylation is 1. The molecular weight excluding hydrogens is 277 g/mol. The maximum Gasteiger partial charge on any atom is 0.134 e. The summed E-state index contributed by atoms with van der Waals surface area (Å²) in [6.07, 6.45) is 4.24. The highest BCUT2D eigenvalue weighted by Crippen LogP contribution is 2.37. The third-order valence-corrected chi connectivity index (χ3v) is 4.38. The number of halogens is 1. The second kappa shape index (κ2) is 4.96. The van der Waals surface area contributed by atoms with Gasteiger partial charge in [0.05, 0.1) is 11.3 Å². The molecule has 4 heteroatoms. The van der Waals surface area contributed by atoms with Crippen molar-refractivity contribution in [3.63, 3.8) is 0 Å². The molecule has 0 unspecified atom stereocenters. The highest BCUT2D eigenvalue weighted by molar-refractivity contribution is 5.96. The quantitative estimate of drug-likeness (QED) is 0.627. The van der Waals surface area contributed by atoms with E-state index in [4.69, 9.17) is 0 Å². The summed E-state index contributed by atoms with van der Waals surface area (Å²) in [7, 11) is 0. The predicted octanol–water partition coefficient (Wildman–Crippen LogP) is 4.05. The lowest BCUT2D eigenvalue weighted by Gasteiger charge is -2.19. The van der Waals surface area contributed by atoms with Gasteiger partial charge in [-0.25, -0.2) is 4.39 Å². The normalized spacial score (nSPS) is 13.8. The topological polar surface area (TPSA) is 41.6 Å². The van der Waals surface area contributed by atoms with Crippen LogP contribution in [0.2, 0.25) is 0 Å². The number of rotatable bonds is 0. The van der Waals surface area contributed by atoms with E-state index in [0.29, 0.717) is 28.3 Å². The van der Waals surface area contributed by atoms with Gasteiger partial charge in [0.15, 0.2) is 0 Å². The fraction of sp³-hybridized carbons (Fsp3) is 0.222. The Hall–Kier alpha value is -2.67. The van der Waals surface area contributed by atoms with Crippen molar-refractivity contribution in [2.24, 2.45) is 0 Å². The van der Waals surface area contributed by atoms with Crippen LogP contribution >= 0.6 is 0 Å². The highest BCUT2D eigenvalue weighted by atomic mass is 19.1. The first-order valence-corrected chi connectivity index (χ1v) is 7.46. The van der Waals surface area contributed by atoms with E-state index in [1.165, 1.54) is 0 Å². The molecule has 2 heterocycles. The molecule has 1 aliphatic heterocycles. The summed E-state index contributed by atoms with van der Waals surface area (Å²) >= 11 is 0. The molecule has 0 aliphatic carbocycles. The van der Waals surface area contributed by atoms with Gasteiger partial charge in [0.2, 0.25) is 0 Å². The van der Waals surface area contributed by atoms with Crippen LogP contribution in [0.25, 0.3) is 22.0 Å². The average Bonchev–Trinajstić information content (AvgIpc) is 2.98. The summed E-state index contributed by atoms with van der Waals surface area (Å²) in [4.78, 5) is 0. The van der Waals surface area contributed by atoms with Gasteiger partial charge in [-0.3, -0.25) is 4.68 Å². The van der Waals surface area contributed by atoms with Crippen LogP contribution in [0.4, 0.5) is 4.39 Å². The van der Waals surface area contributed by atoms with E-state index in [1.54, 1.807) is 12.3 Å². The number of hydrogen-bond donors (Lipinski definition) is 0. The van der Waals surface area contributed by atoms with Crippen LogP contribution in [-0.2, 0) is 13.0 Å². The summed E-state index contributed by atoms with van der Waals surface area (Å²) < 4.78 is 16.9. The molecular formula is C18H14FN3. The molecule has 0 saturated heterocycles. The molecule has 0 radical (unpaired) electrons. The summed E-state index contributed by atoms with van der Waals surface area (Å²) in [5.74, 6) is -0.195. The molecule has 1 aromatic heterocycles. The van der Waals surface area contributed by atoms with Crippen molar-refractivity contribution in [3.8, 4) is 17.3 Å². The fourth-order valence-electron chi connectivity index (χ4n) is 3.37. The van der Waals surface area contributed by atoms with E-state index in [2.05, 4.69) is 11.2 Å². The summed E-state index contributed by atoms with van der Waals surface area (Å²) in [6, 6.07) is 11.4. The molecule has 2 aromatic carbocycles. The minimum absolute atomic E-state index is 0.195. The number of nitriles is 1. The van der Waals surface area contributed by atoms with Crippen LogP contribution in [0, 0.1) is 17.1 Å². The summed E-state index contributed by atoms with van der Waals surface area (Å²) in [5.41, 5.74) is 2.76. The van der Waals surface area contributed by atoms with Gasteiger partial charge in [0, 0.05) is 29.1 Å². The lowest BCUT2D eigenvalue weighted by molar-refractivity contribution is 0.543.